The topological polar surface area (TPSA) is 85.3 Å². The third-order valence-electron chi connectivity index (χ3n) is 5.28. The number of hydrogen-bond acceptors (Lipinski definition) is 5. The first-order valence-corrected chi connectivity index (χ1v) is 9.31. The maximum absolute atomic E-state index is 12.7. The van der Waals surface area contributed by atoms with Gasteiger partial charge in [-0.05, 0) is 24.7 Å². The zero-order valence-corrected chi connectivity index (χ0v) is 16.1. The average Bonchev–Trinajstić information content (AvgIpc) is 2.93. The standard InChI is InChI=1S/C18H29N5O3/c1-12-8-13(2)10-22(9-12)11-14-19-16-15(23(14)6-5-7-24)17(25)21(4)18(26)20(16)3/h12-13,24H,5-11H2,1-4H3/t12-,13-/m0/s1. The molecule has 1 aliphatic rings. The molecule has 26 heavy (non-hydrogen) atoms. The van der Waals surface area contributed by atoms with Crippen LogP contribution in [0.15, 0.2) is 9.59 Å². The fraction of sp³-hybridized carbons (Fsp3) is 0.722. The predicted octanol–water partition coefficient (Wildman–Crippen LogP) is 0.294. The molecule has 8 heteroatoms. The van der Waals surface area contributed by atoms with Crippen LogP contribution in [0.25, 0.3) is 11.2 Å². The summed E-state index contributed by atoms with van der Waals surface area (Å²) in [5, 5.41) is 9.26. The summed E-state index contributed by atoms with van der Waals surface area (Å²) in [6.07, 6.45) is 1.77. The Kier molecular flexibility index (Phi) is 5.34. The number of nitrogens with zero attached hydrogens (tertiary/aromatic N) is 5. The maximum atomic E-state index is 12.7. The van der Waals surface area contributed by atoms with Gasteiger partial charge in [-0.1, -0.05) is 13.8 Å². The van der Waals surface area contributed by atoms with Gasteiger partial charge in [-0.3, -0.25) is 18.8 Å². The van der Waals surface area contributed by atoms with Crippen molar-refractivity contribution >= 4 is 11.2 Å². The highest BCUT2D eigenvalue weighted by molar-refractivity contribution is 5.71. The molecule has 0 radical (unpaired) electrons. The van der Waals surface area contributed by atoms with Crippen LogP contribution in [0.1, 0.15) is 32.5 Å². The normalized spacial score (nSPS) is 21.6. The summed E-state index contributed by atoms with van der Waals surface area (Å²) < 4.78 is 4.43. The number of piperidine rings is 1. The molecule has 1 saturated heterocycles. The van der Waals surface area contributed by atoms with Crippen LogP contribution in [0.4, 0.5) is 0 Å². The lowest BCUT2D eigenvalue weighted by molar-refractivity contribution is 0.130. The first-order valence-electron chi connectivity index (χ1n) is 9.31. The molecule has 1 aliphatic heterocycles. The Morgan fingerprint density at radius 3 is 2.38 bits per heavy atom. The van der Waals surface area contributed by atoms with Crippen molar-refractivity contribution in [3.05, 3.63) is 26.7 Å². The largest absolute Gasteiger partial charge is 0.396 e. The van der Waals surface area contributed by atoms with Crippen LogP contribution in [-0.2, 0) is 27.2 Å². The fourth-order valence-electron chi connectivity index (χ4n) is 4.20. The van der Waals surface area contributed by atoms with Crippen LogP contribution in [0, 0.1) is 11.8 Å². The fourth-order valence-corrected chi connectivity index (χ4v) is 4.20. The summed E-state index contributed by atoms with van der Waals surface area (Å²) in [4.78, 5) is 32.0. The van der Waals surface area contributed by atoms with Crippen molar-refractivity contribution in [2.24, 2.45) is 25.9 Å². The molecule has 0 aromatic carbocycles. The zero-order valence-electron chi connectivity index (χ0n) is 16.1. The van der Waals surface area contributed by atoms with Gasteiger partial charge in [0.1, 0.15) is 5.82 Å². The third-order valence-corrected chi connectivity index (χ3v) is 5.28. The Labute approximate surface area is 152 Å². The summed E-state index contributed by atoms with van der Waals surface area (Å²) in [6, 6.07) is 0. The van der Waals surface area contributed by atoms with Crippen LogP contribution in [0.2, 0.25) is 0 Å². The molecule has 3 rings (SSSR count). The summed E-state index contributed by atoms with van der Waals surface area (Å²) >= 11 is 0. The van der Waals surface area contributed by atoms with E-state index in [1.165, 1.54) is 18.0 Å². The second-order valence-electron chi connectivity index (χ2n) is 7.77. The Morgan fingerprint density at radius 2 is 1.77 bits per heavy atom. The minimum atomic E-state index is -0.374. The lowest BCUT2D eigenvalue weighted by Gasteiger charge is -2.34. The van der Waals surface area contributed by atoms with E-state index in [9.17, 15) is 14.7 Å². The van der Waals surface area contributed by atoms with E-state index in [1.54, 1.807) is 7.05 Å². The first-order chi connectivity index (χ1) is 12.3. The Morgan fingerprint density at radius 1 is 1.12 bits per heavy atom. The number of aliphatic hydroxyl groups excluding tert-OH is 1. The van der Waals surface area contributed by atoms with Gasteiger partial charge in [0, 0.05) is 40.3 Å². The van der Waals surface area contributed by atoms with E-state index in [2.05, 4.69) is 23.7 Å². The molecule has 144 valence electrons. The molecule has 0 unspecified atom stereocenters. The number of rotatable bonds is 5. The molecular formula is C18H29N5O3. The van der Waals surface area contributed by atoms with E-state index in [4.69, 9.17) is 0 Å². The number of fused-ring (bicyclic) bond motifs is 1. The SMILES string of the molecule is C[C@H]1C[C@H](C)CN(Cc2nc3c(c(=O)n(C)c(=O)n3C)n2CCCO)C1. The molecule has 0 spiro atoms. The van der Waals surface area contributed by atoms with Crippen molar-refractivity contribution in [1.29, 1.82) is 0 Å². The highest BCUT2D eigenvalue weighted by Gasteiger charge is 2.25. The molecule has 1 fully saturated rings. The quantitative estimate of drug-likeness (QED) is 0.826. The summed E-state index contributed by atoms with van der Waals surface area (Å²) in [7, 11) is 3.13. The number of aryl methyl sites for hydroxylation is 2. The van der Waals surface area contributed by atoms with Gasteiger partial charge in [-0.2, -0.15) is 0 Å². The van der Waals surface area contributed by atoms with Gasteiger partial charge in [0.2, 0.25) is 0 Å². The van der Waals surface area contributed by atoms with E-state index in [-0.39, 0.29) is 17.9 Å². The van der Waals surface area contributed by atoms with E-state index in [0.29, 0.717) is 42.5 Å². The maximum Gasteiger partial charge on any atom is 0.332 e. The first kappa shape index (κ1) is 18.8. The Balaban J connectivity index is 2.09. The molecular weight excluding hydrogens is 334 g/mol. The van der Waals surface area contributed by atoms with Crippen molar-refractivity contribution in [3.63, 3.8) is 0 Å². The number of imidazole rings is 1. The Hall–Kier alpha value is -1.93. The van der Waals surface area contributed by atoms with Crippen LogP contribution >= 0.6 is 0 Å². The molecule has 0 saturated carbocycles. The molecule has 2 atom stereocenters. The van der Waals surface area contributed by atoms with Gasteiger partial charge in [-0.15, -0.1) is 0 Å². The van der Waals surface area contributed by atoms with Crippen LogP contribution in [0.3, 0.4) is 0 Å². The van der Waals surface area contributed by atoms with Gasteiger partial charge in [0.15, 0.2) is 11.2 Å². The number of likely N-dealkylation sites (tertiary alicyclic amines) is 1. The van der Waals surface area contributed by atoms with Crippen LogP contribution < -0.4 is 11.2 Å². The third kappa shape index (κ3) is 3.35. The van der Waals surface area contributed by atoms with Crippen molar-refractivity contribution in [2.75, 3.05) is 19.7 Å². The number of aliphatic hydroxyl groups is 1. The second kappa shape index (κ2) is 7.36. The smallest absolute Gasteiger partial charge is 0.332 e. The molecule has 1 N–H and O–H groups in total. The van der Waals surface area contributed by atoms with E-state index in [1.807, 2.05) is 4.57 Å². The summed E-state index contributed by atoms with van der Waals surface area (Å²) in [5.74, 6) is 2.05. The lowest BCUT2D eigenvalue weighted by Crippen LogP contribution is -2.39. The van der Waals surface area contributed by atoms with Gasteiger partial charge in [0.25, 0.3) is 5.56 Å². The second-order valence-corrected chi connectivity index (χ2v) is 7.77. The van der Waals surface area contributed by atoms with Gasteiger partial charge < -0.3 is 9.67 Å². The molecule has 2 aromatic rings. The van der Waals surface area contributed by atoms with Crippen molar-refractivity contribution in [2.45, 2.75) is 39.8 Å². The predicted molar refractivity (Wildman–Crippen MR) is 100 cm³/mol. The zero-order chi connectivity index (χ0) is 19.0. The van der Waals surface area contributed by atoms with Crippen molar-refractivity contribution < 1.29 is 5.11 Å². The number of hydrogen-bond donors (Lipinski definition) is 1. The molecule has 0 aliphatic carbocycles. The molecule has 2 aromatic heterocycles. The summed E-state index contributed by atoms with van der Waals surface area (Å²) in [6.45, 7) is 7.73. The van der Waals surface area contributed by atoms with Gasteiger partial charge in [0.05, 0.1) is 6.54 Å². The molecule has 0 bridgehead atoms. The monoisotopic (exact) mass is 363 g/mol. The minimum absolute atomic E-state index is 0.0446. The molecule has 8 nitrogen and oxygen atoms in total. The van der Waals surface area contributed by atoms with E-state index < -0.39 is 0 Å². The van der Waals surface area contributed by atoms with Crippen LogP contribution in [-0.4, -0.2) is 48.4 Å². The van der Waals surface area contributed by atoms with Crippen LogP contribution in [0.5, 0.6) is 0 Å². The van der Waals surface area contributed by atoms with Gasteiger partial charge >= 0.3 is 5.69 Å². The molecule has 0 amide bonds. The highest BCUT2D eigenvalue weighted by atomic mass is 16.3. The minimum Gasteiger partial charge on any atom is -0.396 e. The number of aromatic nitrogens is 4. The lowest BCUT2D eigenvalue weighted by atomic mass is 9.92. The Bertz CT molecular complexity index is 900. The summed E-state index contributed by atoms with van der Waals surface area (Å²) in [5.41, 5.74) is 0.154. The van der Waals surface area contributed by atoms with Crippen molar-refractivity contribution in [1.82, 2.24) is 23.6 Å². The molecule has 3 heterocycles. The highest BCUT2D eigenvalue weighted by Crippen LogP contribution is 2.23. The van der Waals surface area contributed by atoms with Crippen molar-refractivity contribution in [3.8, 4) is 0 Å². The van der Waals surface area contributed by atoms with E-state index in [0.717, 1.165) is 23.5 Å². The average molecular weight is 363 g/mol. The van der Waals surface area contributed by atoms with Gasteiger partial charge in [-0.25, -0.2) is 9.78 Å². The van der Waals surface area contributed by atoms with E-state index >= 15 is 0 Å².